The largest absolute Gasteiger partial charge is 0.393 e. The fourth-order valence-corrected chi connectivity index (χ4v) is 8.01. The first-order valence-electron chi connectivity index (χ1n) is 12.1. The molecule has 1 nitrogen and oxygen atoms in total. The first-order chi connectivity index (χ1) is 14.5. The van der Waals surface area contributed by atoms with E-state index in [9.17, 15) is 5.11 Å². The van der Waals surface area contributed by atoms with Gasteiger partial charge >= 0.3 is 0 Å². The van der Waals surface area contributed by atoms with Crippen LogP contribution in [-0.4, -0.2) is 11.2 Å². The molecule has 2 fully saturated rings. The number of benzene rings is 2. The van der Waals surface area contributed by atoms with Crippen LogP contribution in [0.15, 0.2) is 60.2 Å². The Bertz CT molecular complexity index is 1060. The van der Waals surface area contributed by atoms with Crippen LogP contribution in [0, 0.1) is 28.6 Å². The highest BCUT2D eigenvalue weighted by molar-refractivity contribution is 5.87. The molecule has 0 heterocycles. The summed E-state index contributed by atoms with van der Waals surface area (Å²) >= 11 is 0. The Kier molecular flexibility index (Phi) is 4.13. The fourth-order valence-electron chi connectivity index (χ4n) is 8.01. The molecule has 4 aliphatic carbocycles. The van der Waals surface area contributed by atoms with E-state index < -0.39 is 0 Å². The van der Waals surface area contributed by atoms with E-state index in [1.54, 1.807) is 11.1 Å². The Morgan fingerprint density at radius 3 is 2.50 bits per heavy atom. The molecule has 1 heteroatoms. The van der Waals surface area contributed by atoms with Gasteiger partial charge in [0.25, 0.3) is 0 Å². The second-order valence-electron chi connectivity index (χ2n) is 11.0. The minimum absolute atomic E-state index is 0.109. The van der Waals surface area contributed by atoms with Crippen molar-refractivity contribution in [3.05, 3.63) is 65.8 Å². The van der Waals surface area contributed by atoms with Gasteiger partial charge in [-0.2, -0.15) is 0 Å². The van der Waals surface area contributed by atoms with Crippen LogP contribution in [0.25, 0.3) is 16.3 Å². The second-order valence-corrected chi connectivity index (χ2v) is 11.0. The van der Waals surface area contributed by atoms with Crippen LogP contribution < -0.4 is 0 Å². The van der Waals surface area contributed by atoms with Crippen molar-refractivity contribution < 1.29 is 5.11 Å². The first kappa shape index (κ1) is 18.9. The molecule has 30 heavy (non-hydrogen) atoms. The Balaban J connectivity index is 1.34. The zero-order valence-corrected chi connectivity index (χ0v) is 18.4. The topological polar surface area (TPSA) is 20.2 Å². The molecule has 2 aromatic rings. The van der Waals surface area contributed by atoms with E-state index in [4.69, 9.17) is 0 Å². The highest BCUT2D eigenvalue weighted by atomic mass is 16.3. The summed E-state index contributed by atoms with van der Waals surface area (Å²) < 4.78 is 0. The lowest BCUT2D eigenvalue weighted by Gasteiger charge is -2.57. The number of aliphatic hydroxyl groups excluding tert-OH is 1. The van der Waals surface area contributed by atoms with E-state index in [-0.39, 0.29) is 6.10 Å². The number of fused-ring (bicyclic) bond motifs is 6. The molecule has 2 saturated carbocycles. The molecule has 0 spiro atoms. The lowest BCUT2D eigenvalue weighted by Crippen LogP contribution is -2.49. The van der Waals surface area contributed by atoms with Gasteiger partial charge in [-0.05, 0) is 102 Å². The Morgan fingerprint density at radius 2 is 1.63 bits per heavy atom. The molecule has 0 aromatic heterocycles. The van der Waals surface area contributed by atoms with Crippen molar-refractivity contribution in [1.82, 2.24) is 0 Å². The maximum absolute atomic E-state index is 10.2. The lowest BCUT2D eigenvalue weighted by molar-refractivity contribution is -0.0238. The molecule has 6 atom stereocenters. The number of rotatable bonds is 1. The van der Waals surface area contributed by atoms with Crippen molar-refractivity contribution in [2.75, 3.05) is 0 Å². The number of allylic oxidation sites excluding steroid dienone is 3. The van der Waals surface area contributed by atoms with Crippen molar-refractivity contribution in [2.45, 2.75) is 64.9 Å². The Hall–Kier alpha value is -1.86. The summed E-state index contributed by atoms with van der Waals surface area (Å²) in [6.45, 7) is 5.09. The number of hydrogen-bond acceptors (Lipinski definition) is 1. The van der Waals surface area contributed by atoms with Crippen molar-refractivity contribution in [1.29, 1.82) is 0 Å². The predicted octanol–water partition coefficient (Wildman–Crippen LogP) is 7.16. The van der Waals surface area contributed by atoms with E-state index in [0.29, 0.717) is 10.8 Å². The molecule has 0 aliphatic heterocycles. The summed E-state index contributed by atoms with van der Waals surface area (Å²) in [6, 6.07) is 15.8. The van der Waals surface area contributed by atoms with E-state index in [0.717, 1.165) is 30.6 Å². The summed E-state index contributed by atoms with van der Waals surface area (Å²) in [6.07, 6.45) is 13.2. The summed E-state index contributed by atoms with van der Waals surface area (Å²) in [7, 11) is 0. The SMILES string of the molecule is C[C@]12CC[C@H](O)CC1=CC[C@@H]1[C@@H]2CC[C@]2(C)C(c3ccc4ccccc4c3)=CC[C@@H]12. The Labute approximate surface area is 180 Å². The van der Waals surface area contributed by atoms with Gasteiger partial charge in [0.15, 0.2) is 0 Å². The van der Waals surface area contributed by atoms with Gasteiger partial charge in [0, 0.05) is 0 Å². The van der Waals surface area contributed by atoms with Crippen molar-refractivity contribution >= 4 is 16.3 Å². The highest BCUT2D eigenvalue weighted by Gasteiger charge is 2.56. The average molecular weight is 399 g/mol. The summed E-state index contributed by atoms with van der Waals surface area (Å²) in [5.74, 6) is 2.36. The maximum atomic E-state index is 10.2. The highest BCUT2D eigenvalue weighted by Crippen LogP contribution is 2.66. The second kappa shape index (κ2) is 6.57. The van der Waals surface area contributed by atoms with Crippen LogP contribution in [0.5, 0.6) is 0 Å². The monoisotopic (exact) mass is 398 g/mol. The third kappa shape index (κ3) is 2.57. The van der Waals surface area contributed by atoms with Crippen LogP contribution in [0.1, 0.15) is 64.4 Å². The normalized spacial score (nSPS) is 40.2. The third-order valence-corrected chi connectivity index (χ3v) is 9.72. The van der Waals surface area contributed by atoms with Crippen LogP contribution in [0.3, 0.4) is 0 Å². The van der Waals surface area contributed by atoms with Crippen LogP contribution in [-0.2, 0) is 0 Å². The van der Waals surface area contributed by atoms with E-state index in [2.05, 4.69) is 68.5 Å². The zero-order chi connectivity index (χ0) is 20.5. The smallest absolute Gasteiger partial charge is 0.0577 e. The zero-order valence-electron chi connectivity index (χ0n) is 18.4. The van der Waals surface area contributed by atoms with Gasteiger partial charge in [-0.15, -0.1) is 0 Å². The first-order valence-corrected chi connectivity index (χ1v) is 12.1. The van der Waals surface area contributed by atoms with Gasteiger partial charge in [0.1, 0.15) is 0 Å². The molecule has 2 aromatic carbocycles. The fraction of sp³-hybridized carbons (Fsp3) is 0.517. The lowest BCUT2D eigenvalue weighted by atomic mass is 9.47. The van der Waals surface area contributed by atoms with Gasteiger partial charge in [-0.3, -0.25) is 0 Å². The van der Waals surface area contributed by atoms with Crippen molar-refractivity contribution in [2.24, 2.45) is 28.6 Å². The van der Waals surface area contributed by atoms with Gasteiger partial charge < -0.3 is 5.11 Å². The maximum Gasteiger partial charge on any atom is 0.0577 e. The minimum atomic E-state index is -0.109. The quantitative estimate of drug-likeness (QED) is 0.505. The molecule has 0 saturated heterocycles. The van der Waals surface area contributed by atoms with Gasteiger partial charge in [0.05, 0.1) is 6.10 Å². The molecule has 1 N–H and O–H groups in total. The average Bonchev–Trinajstić information content (AvgIpc) is 3.11. The molecular formula is C29H34O. The minimum Gasteiger partial charge on any atom is -0.393 e. The summed E-state index contributed by atoms with van der Waals surface area (Å²) in [5, 5.41) is 12.9. The molecule has 0 unspecified atom stereocenters. The van der Waals surface area contributed by atoms with Crippen LogP contribution >= 0.6 is 0 Å². The predicted molar refractivity (Wildman–Crippen MR) is 125 cm³/mol. The van der Waals surface area contributed by atoms with E-state index >= 15 is 0 Å². The van der Waals surface area contributed by atoms with E-state index in [1.807, 2.05) is 0 Å². The molecule has 0 radical (unpaired) electrons. The molecule has 0 bridgehead atoms. The molecule has 6 rings (SSSR count). The van der Waals surface area contributed by atoms with Gasteiger partial charge in [-0.1, -0.05) is 68.0 Å². The standard InChI is InChI=1S/C29H34O/c1-28-15-13-23(30)18-22(28)9-10-24-26-12-11-25(29(26,2)16-14-27(24)28)21-8-7-19-5-3-4-6-20(19)17-21/h3-9,11,17,23-24,26-27,30H,10,12-16,18H2,1-2H3/t23-,24-,26-,27-,28-,29+/m0/s1. The van der Waals surface area contributed by atoms with Crippen LogP contribution in [0.2, 0.25) is 0 Å². The molecule has 4 aliphatic rings. The van der Waals surface area contributed by atoms with Gasteiger partial charge in [-0.25, -0.2) is 0 Å². The van der Waals surface area contributed by atoms with Gasteiger partial charge in [0.2, 0.25) is 0 Å². The Morgan fingerprint density at radius 1 is 0.833 bits per heavy atom. The number of aliphatic hydroxyl groups is 1. The molecular weight excluding hydrogens is 364 g/mol. The van der Waals surface area contributed by atoms with Crippen molar-refractivity contribution in [3.8, 4) is 0 Å². The summed E-state index contributed by atoms with van der Waals surface area (Å²) in [5.41, 5.74) is 5.26. The van der Waals surface area contributed by atoms with Crippen LogP contribution in [0.4, 0.5) is 0 Å². The molecule has 0 amide bonds. The molecule has 156 valence electrons. The third-order valence-electron chi connectivity index (χ3n) is 9.72. The number of hydrogen-bond donors (Lipinski definition) is 1. The van der Waals surface area contributed by atoms with Crippen molar-refractivity contribution in [3.63, 3.8) is 0 Å². The summed E-state index contributed by atoms with van der Waals surface area (Å²) in [4.78, 5) is 0. The van der Waals surface area contributed by atoms with E-state index in [1.165, 1.54) is 48.4 Å².